The normalized spacial score (nSPS) is 10.8. The Bertz CT molecular complexity index is 1330. The van der Waals surface area contributed by atoms with Crippen LogP contribution in [0.3, 0.4) is 0 Å². The van der Waals surface area contributed by atoms with E-state index in [-0.39, 0.29) is 11.3 Å². The Balaban J connectivity index is 1.65. The predicted octanol–water partition coefficient (Wildman–Crippen LogP) is 3.81. The minimum atomic E-state index is -0.424. The molecule has 31 heavy (non-hydrogen) atoms. The number of carbonyl (C=O) groups is 1. The Morgan fingerprint density at radius 1 is 1.10 bits per heavy atom. The number of hydrogen-bond acceptors (Lipinski definition) is 7. The van der Waals surface area contributed by atoms with Crippen LogP contribution in [0.4, 0.5) is 5.13 Å². The maximum absolute atomic E-state index is 13.0. The van der Waals surface area contributed by atoms with Crippen LogP contribution >= 0.6 is 11.3 Å². The number of aromatic nitrogens is 3. The molecule has 0 atom stereocenters. The highest BCUT2D eigenvalue weighted by molar-refractivity contribution is 7.14. The fourth-order valence-corrected chi connectivity index (χ4v) is 3.95. The van der Waals surface area contributed by atoms with Crippen molar-refractivity contribution in [3.05, 3.63) is 63.9 Å². The van der Waals surface area contributed by atoms with Crippen molar-refractivity contribution in [2.45, 2.75) is 13.5 Å². The van der Waals surface area contributed by atoms with Crippen LogP contribution in [0.15, 0.2) is 52.6 Å². The van der Waals surface area contributed by atoms with E-state index in [1.165, 1.54) is 16.0 Å². The molecule has 1 amide bonds. The number of nitrogens with zero attached hydrogens (tertiary/aromatic N) is 3. The number of carbonyl (C=O) groups excluding carboxylic acids is 1. The van der Waals surface area contributed by atoms with Gasteiger partial charge < -0.3 is 9.47 Å². The number of rotatable bonds is 6. The van der Waals surface area contributed by atoms with Crippen LogP contribution in [0, 0.1) is 0 Å². The Morgan fingerprint density at radius 2 is 1.84 bits per heavy atom. The molecule has 1 N–H and O–H groups in total. The quantitative estimate of drug-likeness (QED) is 0.494. The molecule has 0 aliphatic rings. The number of ether oxygens (including phenoxy) is 2. The van der Waals surface area contributed by atoms with Crippen molar-refractivity contribution >= 4 is 33.1 Å². The van der Waals surface area contributed by atoms with Gasteiger partial charge in [-0.05, 0) is 31.2 Å². The number of methoxy groups -OCH3 is 2. The van der Waals surface area contributed by atoms with Gasteiger partial charge in [-0.1, -0.05) is 18.2 Å². The number of hydrogen-bond donors (Lipinski definition) is 1. The first-order chi connectivity index (χ1) is 15.0. The zero-order valence-corrected chi connectivity index (χ0v) is 18.0. The van der Waals surface area contributed by atoms with E-state index in [1.807, 2.05) is 17.5 Å². The summed E-state index contributed by atoms with van der Waals surface area (Å²) < 4.78 is 11.9. The van der Waals surface area contributed by atoms with Gasteiger partial charge in [-0.25, -0.2) is 9.67 Å². The van der Waals surface area contributed by atoms with Crippen LogP contribution in [-0.4, -0.2) is 34.9 Å². The Kier molecular flexibility index (Phi) is 5.68. The lowest BCUT2D eigenvalue weighted by Gasteiger charge is -2.09. The second kappa shape index (κ2) is 8.57. The van der Waals surface area contributed by atoms with Crippen molar-refractivity contribution in [3.63, 3.8) is 0 Å². The highest BCUT2D eigenvalue weighted by Gasteiger charge is 2.18. The third-order valence-corrected chi connectivity index (χ3v) is 5.54. The second-order valence-corrected chi connectivity index (χ2v) is 7.43. The molecule has 0 spiro atoms. The molecule has 9 heteroatoms. The number of fused-ring (bicyclic) bond motifs is 1. The third kappa shape index (κ3) is 3.87. The molecule has 2 aromatic carbocycles. The molecule has 0 aliphatic heterocycles. The monoisotopic (exact) mass is 436 g/mol. The summed E-state index contributed by atoms with van der Waals surface area (Å²) in [6.45, 7) is 2.17. The summed E-state index contributed by atoms with van der Waals surface area (Å²) >= 11 is 1.30. The van der Waals surface area contributed by atoms with E-state index in [0.29, 0.717) is 39.6 Å². The van der Waals surface area contributed by atoms with Crippen LogP contribution in [0.25, 0.3) is 22.0 Å². The van der Waals surface area contributed by atoms with Crippen LogP contribution in [0.5, 0.6) is 11.5 Å². The molecule has 0 fully saturated rings. The number of amides is 1. The van der Waals surface area contributed by atoms with Crippen molar-refractivity contribution in [1.29, 1.82) is 0 Å². The molecule has 0 unspecified atom stereocenters. The molecule has 2 heterocycles. The minimum Gasteiger partial charge on any atom is -0.493 e. The van der Waals surface area contributed by atoms with Crippen molar-refractivity contribution in [2.75, 3.05) is 19.5 Å². The molecular weight excluding hydrogens is 416 g/mol. The summed E-state index contributed by atoms with van der Waals surface area (Å²) in [5.74, 6) is 0.793. The summed E-state index contributed by atoms with van der Waals surface area (Å²) in [6, 6.07) is 12.4. The largest absolute Gasteiger partial charge is 0.493 e. The average Bonchev–Trinajstić information content (AvgIpc) is 3.27. The maximum atomic E-state index is 13.0. The van der Waals surface area contributed by atoms with E-state index in [1.54, 1.807) is 51.5 Å². The van der Waals surface area contributed by atoms with Crippen molar-refractivity contribution in [1.82, 2.24) is 14.8 Å². The first-order valence-corrected chi connectivity index (χ1v) is 10.4. The molecule has 0 saturated heterocycles. The molecule has 0 aliphatic carbocycles. The van der Waals surface area contributed by atoms with Gasteiger partial charge in [0.2, 0.25) is 0 Å². The zero-order valence-electron chi connectivity index (χ0n) is 17.2. The molecule has 2 aromatic heterocycles. The van der Waals surface area contributed by atoms with Gasteiger partial charge in [-0.2, -0.15) is 5.10 Å². The molecule has 0 saturated carbocycles. The van der Waals surface area contributed by atoms with Crippen molar-refractivity contribution in [2.24, 2.45) is 0 Å². The van der Waals surface area contributed by atoms with Crippen molar-refractivity contribution in [3.8, 4) is 22.8 Å². The molecular formula is C22H20N4O4S. The van der Waals surface area contributed by atoms with Gasteiger partial charge in [0.1, 0.15) is 0 Å². The van der Waals surface area contributed by atoms with Gasteiger partial charge in [-0.3, -0.25) is 14.9 Å². The van der Waals surface area contributed by atoms with Gasteiger partial charge >= 0.3 is 0 Å². The van der Waals surface area contributed by atoms with Crippen LogP contribution in [-0.2, 0) is 6.54 Å². The first kappa shape index (κ1) is 20.5. The van der Waals surface area contributed by atoms with Gasteiger partial charge in [0.15, 0.2) is 22.3 Å². The highest BCUT2D eigenvalue weighted by Crippen LogP contribution is 2.33. The van der Waals surface area contributed by atoms with E-state index in [2.05, 4.69) is 15.4 Å². The molecule has 4 aromatic rings. The topological polar surface area (TPSA) is 95.3 Å². The van der Waals surface area contributed by atoms with Crippen LogP contribution in [0.1, 0.15) is 17.4 Å². The molecule has 158 valence electrons. The molecule has 4 rings (SSSR count). The zero-order chi connectivity index (χ0) is 22.0. The summed E-state index contributed by atoms with van der Waals surface area (Å²) in [6.07, 6.45) is 0. The summed E-state index contributed by atoms with van der Waals surface area (Å²) in [4.78, 5) is 30.0. The number of anilines is 1. The Labute approximate surface area is 182 Å². The van der Waals surface area contributed by atoms with Gasteiger partial charge in [0, 0.05) is 22.9 Å². The SMILES string of the molecule is CCn1nc(C(=O)Nc2nc(-c3ccc(OC)c(OC)c3)cs2)c2ccccc2c1=O. The molecule has 0 radical (unpaired) electrons. The summed E-state index contributed by atoms with van der Waals surface area (Å²) in [7, 11) is 3.15. The van der Waals surface area contributed by atoms with E-state index in [4.69, 9.17) is 9.47 Å². The Morgan fingerprint density at radius 3 is 2.55 bits per heavy atom. The van der Waals surface area contributed by atoms with E-state index < -0.39 is 5.91 Å². The highest BCUT2D eigenvalue weighted by atomic mass is 32.1. The fraction of sp³-hybridized carbons (Fsp3) is 0.182. The number of thiazole rings is 1. The van der Waals surface area contributed by atoms with E-state index in [0.717, 1.165) is 5.56 Å². The third-order valence-electron chi connectivity index (χ3n) is 4.79. The lowest BCUT2D eigenvalue weighted by atomic mass is 10.1. The smallest absolute Gasteiger partial charge is 0.278 e. The summed E-state index contributed by atoms with van der Waals surface area (Å²) in [5, 5.41) is 10.3. The number of benzene rings is 2. The second-order valence-electron chi connectivity index (χ2n) is 6.58. The van der Waals surface area contributed by atoms with Crippen molar-refractivity contribution < 1.29 is 14.3 Å². The molecule has 8 nitrogen and oxygen atoms in total. The first-order valence-electron chi connectivity index (χ1n) is 9.54. The minimum absolute atomic E-state index is 0.180. The van der Waals surface area contributed by atoms with E-state index >= 15 is 0 Å². The average molecular weight is 436 g/mol. The number of aryl methyl sites for hydroxylation is 1. The van der Waals surface area contributed by atoms with Crippen LogP contribution < -0.4 is 20.3 Å². The Hall–Kier alpha value is -3.72. The lowest BCUT2D eigenvalue weighted by Crippen LogP contribution is -2.27. The maximum Gasteiger partial charge on any atom is 0.278 e. The standard InChI is InChI=1S/C22H20N4O4S/c1-4-26-21(28)15-8-6-5-7-14(15)19(25-26)20(27)24-22-23-16(12-31-22)13-9-10-17(29-2)18(11-13)30-3/h5-12H,4H2,1-3H3,(H,23,24,27). The molecule has 0 bridgehead atoms. The fourth-order valence-electron chi connectivity index (χ4n) is 3.23. The van der Waals surface area contributed by atoms with Crippen LogP contribution in [0.2, 0.25) is 0 Å². The predicted molar refractivity (Wildman–Crippen MR) is 120 cm³/mol. The number of nitrogens with one attached hydrogen (secondary N) is 1. The lowest BCUT2D eigenvalue weighted by molar-refractivity contribution is 0.102. The van der Waals surface area contributed by atoms with Gasteiger partial charge in [0.25, 0.3) is 11.5 Å². The van der Waals surface area contributed by atoms with E-state index in [9.17, 15) is 9.59 Å². The van der Waals surface area contributed by atoms with Gasteiger partial charge in [-0.15, -0.1) is 11.3 Å². The van der Waals surface area contributed by atoms with Gasteiger partial charge in [0.05, 0.1) is 25.3 Å². The summed E-state index contributed by atoms with van der Waals surface area (Å²) in [5.41, 5.74) is 1.48.